The fraction of sp³-hybridized carbons (Fsp3) is 0.350. The molecule has 1 aliphatic rings. The number of carbonyl (C=O) groups is 1. The molecule has 0 atom stereocenters. The van der Waals surface area contributed by atoms with Crippen molar-refractivity contribution in [3.63, 3.8) is 0 Å². The number of hydrogen-bond acceptors (Lipinski definition) is 6. The van der Waals surface area contributed by atoms with Gasteiger partial charge in [0, 0.05) is 23.2 Å². The van der Waals surface area contributed by atoms with E-state index in [1.807, 2.05) is 28.8 Å². The maximum atomic E-state index is 12.5. The van der Waals surface area contributed by atoms with Crippen molar-refractivity contribution in [1.29, 1.82) is 0 Å². The maximum absolute atomic E-state index is 12.5. The minimum Gasteiger partial charge on any atom is -0.461 e. The first kappa shape index (κ1) is 17.9. The molecule has 7 heteroatoms. The van der Waals surface area contributed by atoms with Crippen LogP contribution in [0, 0.1) is 0 Å². The number of likely N-dealkylation sites (tertiary alicyclic amines) is 1. The summed E-state index contributed by atoms with van der Waals surface area (Å²) >= 11 is 1.82. The normalized spacial score (nSPS) is 14.6. The molecule has 0 aliphatic carbocycles. The number of nitrogens with zero attached hydrogens (tertiary/aromatic N) is 3. The van der Waals surface area contributed by atoms with E-state index >= 15 is 0 Å². The lowest BCUT2D eigenvalue weighted by Gasteiger charge is -2.37. The Morgan fingerprint density at radius 2 is 2.04 bits per heavy atom. The highest BCUT2D eigenvalue weighted by Gasteiger charge is 2.35. The predicted octanol–water partition coefficient (Wildman–Crippen LogP) is 4.00. The van der Waals surface area contributed by atoms with Gasteiger partial charge >= 0.3 is 0 Å². The lowest BCUT2D eigenvalue weighted by molar-refractivity contribution is -0.135. The molecular formula is C20H21N3O3S. The summed E-state index contributed by atoms with van der Waals surface area (Å²) in [6.45, 7) is 5.56. The Labute approximate surface area is 161 Å². The second-order valence-electron chi connectivity index (χ2n) is 6.92. The van der Waals surface area contributed by atoms with Gasteiger partial charge in [0.15, 0.2) is 5.76 Å². The monoisotopic (exact) mass is 383 g/mol. The van der Waals surface area contributed by atoms with Crippen LogP contribution in [0.5, 0.6) is 0 Å². The topological polar surface area (TPSA) is 72.4 Å². The number of carbonyl (C=O) groups excluding carboxylic acids is 1. The van der Waals surface area contributed by atoms with E-state index in [1.54, 1.807) is 18.4 Å². The van der Waals surface area contributed by atoms with Gasteiger partial charge in [-0.1, -0.05) is 31.1 Å². The van der Waals surface area contributed by atoms with E-state index in [4.69, 9.17) is 8.94 Å². The van der Waals surface area contributed by atoms with Gasteiger partial charge in [0.1, 0.15) is 0 Å². The summed E-state index contributed by atoms with van der Waals surface area (Å²) in [5.74, 6) is 1.80. The van der Waals surface area contributed by atoms with E-state index in [0.29, 0.717) is 42.2 Å². The quantitative estimate of drug-likeness (QED) is 0.599. The molecule has 140 valence electrons. The van der Waals surface area contributed by atoms with E-state index in [1.165, 1.54) is 4.90 Å². The van der Waals surface area contributed by atoms with Crippen molar-refractivity contribution in [2.45, 2.75) is 36.3 Å². The average molecular weight is 383 g/mol. The third-order valence-corrected chi connectivity index (χ3v) is 5.43. The molecule has 0 bridgehead atoms. The van der Waals surface area contributed by atoms with Crippen LogP contribution in [0.25, 0.3) is 11.6 Å². The number of thioether (sulfide) groups is 1. The maximum Gasteiger partial charge on any atom is 0.238 e. The third-order valence-electron chi connectivity index (χ3n) is 4.42. The van der Waals surface area contributed by atoms with Gasteiger partial charge in [0.25, 0.3) is 0 Å². The fourth-order valence-electron chi connectivity index (χ4n) is 2.99. The first-order valence-electron chi connectivity index (χ1n) is 8.99. The second-order valence-corrected chi connectivity index (χ2v) is 8.57. The number of furan rings is 1. The molecule has 1 saturated heterocycles. The highest BCUT2D eigenvalue weighted by atomic mass is 32.2. The van der Waals surface area contributed by atoms with E-state index in [0.717, 1.165) is 5.56 Å². The van der Waals surface area contributed by atoms with Gasteiger partial charge in [-0.15, -0.1) is 11.8 Å². The van der Waals surface area contributed by atoms with E-state index in [-0.39, 0.29) is 11.8 Å². The molecule has 1 aromatic carbocycles. The molecule has 6 nitrogen and oxygen atoms in total. The van der Waals surface area contributed by atoms with Crippen LogP contribution in [0.3, 0.4) is 0 Å². The summed E-state index contributed by atoms with van der Waals surface area (Å²) in [5.41, 5.74) is 1.04. The van der Waals surface area contributed by atoms with Crippen LogP contribution in [0.15, 0.2) is 56.5 Å². The van der Waals surface area contributed by atoms with Crippen LogP contribution in [-0.2, 0) is 11.2 Å². The molecule has 1 aliphatic heterocycles. The molecule has 4 rings (SSSR count). The molecule has 3 aromatic rings. The first-order valence-corrected chi connectivity index (χ1v) is 9.87. The van der Waals surface area contributed by atoms with Crippen molar-refractivity contribution in [3.8, 4) is 11.6 Å². The van der Waals surface area contributed by atoms with Gasteiger partial charge in [0.2, 0.25) is 17.6 Å². The lowest BCUT2D eigenvalue weighted by Crippen LogP contribution is -2.49. The van der Waals surface area contributed by atoms with Crippen LogP contribution < -0.4 is 0 Å². The summed E-state index contributed by atoms with van der Waals surface area (Å²) in [6.07, 6.45) is 1.99. The van der Waals surface area contributed by atoms with E-state index in [2.05, 4.69) is 36.1 Å². The molecule has 2 aromatic heterocycles. The third kappa shape index (κ3) is 4.08. The van der Waals surface area contributed by atoms with Crippen LogP contribution in [-0.4, -0.2) is 39.3 Å². The summed E-state index contributed by atoms with van der Waals surface area (Å²) in [5, 5.41) is 4.49. The van der Waals surface area contributed by atoms with Crippen LogP contribution in [0.4, 0.5) is 0 Å². The summed E-state index contributed by atoms with van der Waals surface area (Å²) in [4.78, 5) is 19.9. The van der Waals surface area contributed by atoms with Gasteiger partial charge in [-0.3, -0.25) is 4.79 Å². The van der Waals surface area contributed by atoms with Gasteiger partial charge in [0.05, 0.1) is 18.6 Å². The Balaban J connectivity index is 1.30. The molecule has 27 heavy (non-hydrogen) atoms. The number of hydrogen-bond donors (Lipinski definition) is 0. The number of benzene rings is 1. The summed E-state index contributed by atoms with van der Waals surface area (Å²) in [6, 6.07) is 11.8. The molecule has 0 radical (unpaired) electrons. The minimum absolute atomic E-state index is 0.0926. The smallest absolute Gasteiger partial charge is 0.238 e. The van der Waals surface area contributed by atoms with Crippen LogP contribution in [0.2, 0.25) is 0 Å². The van der Waals surface area contributed by atoms with Crippen molar-refractivity contribution < 1.29 is 13.7 Å². The molecular weight excluding hydrogens is 362 g/mol. The van der Waals surface area contributed by atoms with Crippen molar-refractivity contribution in [2.75, 3.05) is 13.1 Å². The molecule has 1 amide bonds. The number of aromatic nitrogens is 2. The SMILES string of the molecule is CC(C)Sc1ccc(CC(=O)N2CC(c3nc(-c4ccco4)no3)C2)cc1. The van der Waals surface area contributed by atoms with Crippen LogP contribution in [0.1, 0.15) is 31.2 Å². The molecule has 0 unspecified atom stereocenters. The standard InChI is InChI=1S/C20H21N3O3S/c1-13(2)27-16-7-5-14(6-8-16)10-18(24)23-11-15(12-23)20-21-19(22-26-20)17-4-3-9-25-17/h3-9,13,15H,10-12H2,1-2H3. The Hall–Kier alpha value is -2.54. The molecule has 0 spiro atoms. The Bertz CT molecular complexity index is 897. The van der Waals surface area contributed by atoms with Gasteiger partial charge in [-0.05, 0) is 29.8 Å². The van der Waals surface area contributed by atoms with Crippen molar-refractivity contribution in [1.82, 2.24) is 15.0 Å². The largest absolute Gasteiger partial charge is 0.461 e. The molecule has 3 heterocycles. The predicted molar refractivity (Wildman–Crippen MR) is 102 cm³/mol. The zero-order valence-electron chi connectivity index (χ0n) is 15.3. The van der Waals surface area contributed by atoms with E-state index in [9.17, 15) is 4.79 Å². The number of rotatable bonds is 6. The highest BCUT2D eigenvalue weighted by molar-refractivity contribution is 7.99. The molecule has 0 N–H and O–H groups in total. The Morgan fingerprint density at radius 1 is 1.26 bits per heavy atom. The number of amides is 1. The fourth-order valence-corrected chi connectivity index (χ4v) is 3.83. The average Bonchev–Trinajstić information content (AvgIpc) is 3.26. The Morgan fingerprint density at radius 3 is 2.70 bits per heavy atom. The van der Waals surface area contributed by atoms with Crippen molar-refractivity contribution in [3.05, 3.63) is 54.1 Å². The van der Waals surface area contributed by atoms with Gasteiger partial charge in [-0.2, -0.15) is 4.98 Å². The first-order chi connectivity index (χ1) is 13.1. The minimum atomic E-state index is 0.0926. The second kappa shape index (κ2) is 7.60. The lowest BCUT2D eigenvalue weighted by atomic mass is 9.99. The summed E-state index contributed by atoms with van der Waals surface area (Å²) in [7, 11) is 0. The van der Waals surface area contributed by atoms with Gasteiger partial charge in [-0.25, -0.2) is 0 Å². The molecule has 0 saturated carbocycles. The molecule has 1 fully saturated rings. The summed E-state index contributed by atoms with van der Waals surface area (Å²) < 4.78 is 10.6. The van der Waals surface area contributed by atoms with E-state index < -0.39 is 0 Å². The highest BCUT2D eigenvalue weighted by Crippen LogP contribution is 2.28. The van der Waals surface area contributed by atoms with Crippen molar-refractivity contribution >= 4 is 17.7 Å². The van der Waals surface area contributed by atoms with Crippen LogP contribution >= 0.6 is 11.8 Å². The Kier molecular flexibility index (Phi) is 5.03. The zero-order chi connectivity index (χ0) is 18.8. The van der Waals surface area contributed by atoms with Gasteiger partial charge < -0.3 is 13.8 Å². The van der Waals surface area contributed by atoms with Crippen molar-refractivity contribution in [2.24, 2.45) is 0 Å². The zero-order valence-corrected chi connectivity index (χ0v) is 16.1.